The molecular weight excluding hydrogens is 234 g/mol. The fourth-order valence-corrected chi connectivity index (χ4v) is 2.96. The summed E-state index contributed by atoms with van der Waals surface area (Å²) >= 11 is 0.912. The molecule has 1 aromatic rings. The van der Waals surface area contributed by atoms with Gasteiger partial charge in [0.1, 0.15) is 16.4 Å². The lowest BCUT2D eigenvalue weighted by Crippen LogP contribution is -2.41. The molecule has 1 aliphatic carbocycles. The second kappa shape index (κ2) is 4.05. The molecule has 1 fully saturated rings. The number of carboxylic acid groups (broad SMARTS) is 1. The first-order chi connectivity index (χ1) is 7.53. The van der Waals surface area contributed by atoms with Crippen molar-refractivity contribution in [1.29, 1.82) is 0 Å². The Morgan fingerprint density at radius 3 is 2.56 bits per heavy atom. The molecule has 86 valence electrons. The monoisotopic (exact) mass is 244 g/mol. The largest absolute Gasteiger partial charge is 0.480 e. The quantitative estimate of drug-likeness (QED) is 0.887. The second-order valence-electron chi connectivity index (χ2n) is 3.83. The van der Waals surface area contributed by atoms with Gasteiger partial charge in [-0.2, -0.15) is 0 Å². The molecule has 0 unspecified atom stereocenters. The van der Waals surface area contributed by atoms with E-state index in [-0.39, 0.29) is 4.90 Å². The molecule has 1 saturated carbocycles. The Hall–Kier alpha value is -1.10. The Kier molecular flexibility index (Phi) is 2.88. The average molecular weight is 244 g/mol. The van der Waals surface area contributed by atoms with Gasteiger partial charge >= 0.3 is 5.97 Å². The maximum atomic E-state index is 13.3. The number of halogens is 2. The van der Waals surface area contributed by atoms with Gasteiger partial charge in [-0.25, -0.2) is 8.78 Å². The highest BCUT2D eigenvalue weighted by Crippen LogP contribution is 2.48. The van der Waals surface area contributed by atoms with Crippen LogP contribution in [0.1, 0.15) is 19.3 Å². The van der Waals surface area contributed by atoms with Gasteiger partial charge in [-0.15, -0.1) is 11.8 Å². The summed E-state index contributed by atoms with van der Waals surface area (Å²) in [5.41, 5.74) is 0. The number of hydrogen-bond acceptors (Lipinski definition) is 2. The highest BCUT2D eigenvalue weighted by molar-refractivity contribution is 8.01. The first kappa shape index (κ1) is 11.4. The van der Waals surface area contributed by atoms with Crippen LogP contribution in [0.4, 0.5) is 8.78 Å². The van der Waals surface area contributed by atoms with E-state index in [0.29, 0.717) is 12.8 Å². The van der Waals surface area contributed by atoms with Gasteiger partial charge in [-0.3, -0.25) is 4.79 Å². The van der Waals surface area contributed by atoms with Gasteiger partial charge in [-0.1, -0.05) is 0 Å². The summed E-state index contributed by atoms with van der Waals surface area (Å²) in [5.74, 6) is -2.07. The van der Waals surface area contributed by atoms with Crippen molar-refractivity contribution in [2.24, 2.45) is 0 Å². The zero-order valence-electron chi connectivity index (χ0n) is 8.37. The Morgan fingerprint density at radius 2 is 2.06 bits per heavy atom. The number of thioether (sulfide) groups is 1. The van der Waals surface area contributed by atoms with Crippen LogP contribution in [0.5, 0.6) is 0 Å². The molecule has 0 atom stereocenters. The SMILES string of the molecule is O=C(O)C1(Sc2cc(F)ccc2F)CCC1. The maximum absolute atomic E-state index is 13.3. The molecule has 2 nitrogen and oxygen atoms in total. The molecule has 16 heavy (non-hydrogen) atoms. The summed E-state index contributed by atoms with van der Waals surface area (Å²) in [6, 6.07) is 3.09. The van der Waals surface area contributed by atoms with Crippen molar-refractivity contribution in [3.8, 4) is 0 Å². The Bertz CT molecular complexity index is 430. The summed E-state index contributed by atoms with van der Waals surface area (Å²) in [6.07, 6.45) is 1.82. The summed E-state index contributed by atoms with van der Waals surface area (Å²) < 4.78 is 25.3. The fourth-order valence-electron chi connectivity index (χ4n) is 1.62. The molecule has 0 heterocycles. The molecule has 5 heteroatoms. The van der Waals surface area contributed by atoms with Crippen molar-refractivity contribution < 1.29 is 18.7 Å². The first-order valence-corrected chi connectivity index (χ1v) is 5.73. The van der Waals surface area contributed by atoms with E-state index in [2.05, 4.69) is 0 Å². The van der Waals surface area contributed by atoms with E-state index in [0.717, 1.165) is 36.4 Å². The molecule has 2 rings (SSSR count). The predicted octanol–water partition coefficient (Wildman–Crippen LogP) is 3.06. The van der Waals surface area contributed by atoms with E-state index in [4.69, 9.17) is 5.11 Å². The zero-order chi connectivity index (χ0) is 11.8. The van der Waals surface area contributed by atoms with Crippen LogP contribution >= 0.6 is 11.8 Å². The third kappa shape index (κ3) is 1.91. The van der Waals surface area contributed by atoms with Crippen molar-refractivity contribution in [2.75, 3.05) is 0 Å². The smallest absolute Gasteiger partial charge is 0.320 e. The van der Waals surface area contributed by atoms with E-state index in [1.54, 1.807) is 0 Å². The lowest BCUT2D eigenvalue weighted by Gasteiger charge is -2.36. The molecule has 1 aromatic carbocycles. The molecule has 0 saturated heterocycles. The summed E-state index contributed by atoms with van der Waals surface area (Å²) in [7, 11) is 0. The van der Waals surface area contributed by atoms with Crippen molar-refractivity contribution >= 4 is 17.7 Å². The van der Waals surface area contributed by atoms with Crippen LogP contribution in [-0.4, -0.2) is 15.8 Å². The second-order valence-corrected chi connectivity index (χ2v) is 5.26. The maximum Gasteiger partial charge on any atom is 0.320 e. The molecule has 1 aliphatic rings. The minimum Gasteiger partial charge on any atom is -0.480 e. The first-order valence-electron chi connectivity index (χ1n) is 4.91. The number of rotatable bonds is 3. The van der Waals surface area contributed by atoms with Gasteiger partial charge in [0.2, 0.25) is 0 Å². The van der Waals surface area contributed by atoms with Crippen LogP contribution in [0.15, 0.2) is 23.1 Å². The van der Waals surface area contributed by atoms with Crippen LogP contribution in [0.3, 0.4) is 0 Å². The molecule has 0 bridgehead atoms. The van der Waals surface area contributed by atoms with Crippen LogP contribution in [0.25, 0.3) is 0 Å². The van der Waals surface area contributed by atoms with E-state index < -0.39 is 22.4 Å². The van der Waals surface area contributed by atoms with Gasteiger partial charge in [0.25, 0.3) is 0 Å². The molecule has 0 aromatic heterocycles. The third-order valence-electron chi connectivity index (χ3n) is 2.75. The highest BCUT2D eigenvalue weighted by atomic mass is 32.2. The van der Waals surface area contributed by atoms with Crippen molar-refractivity contribution in [3.63, 3.8) is 0 Å². The van der Waals surface area contributed by atoms with Crippen molar-refractivity contribution in [1.82, 2.24) is 0 Å². The van der Waals surface area contributed by atoms with E-state index in [1.165, 1.54) is 0 Å². The van der Waals surface area contributed by atoms with Crippen LogP contribution in [0.2, 0.25) is 0 Å². The summed E-state index contributed by atoms with van der Waals surface area (Å²) in [6.45, 7) is 0. The summed E-state index contributed by atoms with van der Waals surface area (Å²) in [4.78, 5) is 11.1. The highest BCUT2D eigenvalue weighted by Gasteiger charge is 2.45. The van der Waals surface area contributed by atoms with E-state index in [1.807, 2.05) is 0 Å². The molecular formula is C11H10F2O2S. The fraction of sp³-hybridized carbons (Fsp3) is 0.364. The number of carbonyl (C=O) groups is 1. The predicted molar refractivity (Wildman–Crippen MR) is 56.4 cm³/mol. The lowest BCUT2D eigenvalue weighted by molar-refractivity contribution is -0.142. The van der Waals surface area contributed by atoms with Crippen LogP contribution in [0, 0.1) is 11.6 Å². The molecule has 0 amide bonds. The standard InChI is InChI=1S/C11H10F2O2S/c12-7-2-3-8(13)9(6-7)16-11(10(14)15)4-1-5-11/h2-3,6H,1,4-5H2,(H,14,15). The molecule has 0 aliphatic heterocycles. The van der Waals surface area contributed by atoms with Crippen LogP contribution < -0.4 is 0 Å². The van der Waals surface area contributed by atoms with Crippen molar-refractivity contribution in [2.45, 2.75) is 28.9 Å². The average Bonchev–Trinajstić information content (AvgIpc) is 2.16. The van der Waals surface area contributed by atoms with Gasteiger partial charge in [0.15, 0.2) is 0 Å². The van der Waals surface area contributed by atoms with Crippen molar-refractivity contribution in [3.05, 3.63) is 29.8 Å². The Morgan fingerprint density at radius 1 is 1.38 bits per heavy atom. The molecule has 0 spiro atoms. The van der Waals surface area contributed by atoms with Crippen LogP contribution in [-0.2, 0) is 4.79 Å². The van der Waals surface area contributed by atoms with Gasteiger partial charge < -0.3 is 5.11 Å². The number of hydrogen-bond donors (Lipinski definition) is 1. The van der Waals surface area contributed by atoms with Gasteiger partial charge in [-0.05, 0) is 37.5 Å². The normalized spacial score (nSPS) is 17.9. The number of benzene rings is 1. The third-order valence-corrected chi connectivity index (χ3v) is 4.26. The van der Waals surface area contributed by atoms with E-state index in [9.17, 15) is 13.6 Å². The summed E-state index contributed by atoms with van der Waals surface area (Å²) in [5, 5.41) is 9.07. The zero-order valence-corrected chi connectivity index (χ0v) is 9.19. The van der Waals surface area contributed by atoms with Gasteiger partial charge in [0, 0.05) is 4.90 Å². The minimum absolute atomic E-state index is 0.0714. The molecule has 1 N–H and O–H groups in total. The Balaban J connectivity index is 2.26. The lowest BCUT2D eigenvalue weighted by atomic mass is 9.84. The minimum atomic E-state index is -0.964. The van der Waals surface area contributed by atoms with E-state index >= 15 is 0 Å². The number of aliphatic carboxylic acids is 1. The number of carboxylic acids is 1. The molecule has 0 radical (unpaired) electrons. The Labute approximate surface area is 95.7 Å². The topological polar surface area (TPSA) is 37.3 Å². The van der Waals surface area contributed by atoms with Gasteiger partial charge in [0.05, 0.1) is 0 Å².